The van der Waals surface area contributed by atoms with Crippen molar-refractivity contribution in [3.8, 4) is 0 Å². The standard InChI is InChI=1S/C26H32F2O7/c1-4-5-22-34-21-10-15-16-9-18(27)17-8-14(30)6-7-23(17,2)25(16,28)19(31)11-24(15,3)26(21,35-22)20(32)12-33-13-29/h6-8,13,15-16,18-19,21-22,31H,4-5,9-12H2,1-3H3/t15?,16?,18-,19?,21?,22?,23+,24?,25-,26?/m0/s1. The van der Waals surface area contributed by atoms with E-state index in [-0.39, 0.29) is 31.3 Å². The van der Waals surface area contributed by atoms with E-state index >= 15 is 8.78 Å². The third kappa shape index (κ3) is 2.95. The van der Waals surface area contributed by atoms with Crippen LogP contribution in [-0.2, 0) is 28.6 Å². The highest BCUT2D eigenvalue weighted by Crippen LogP contribution is 2.72. The zero-order valence-electron chi connectivity index (χ0n) is 20.2. The molecule has 4 fully saturated rings. The summed E-state index contributed by atoms with van der Waals surface area (Å²) in [5, 5.41) is 11.5. The smallest absolute Gasteiger partial charge is 0.293 e. The van der Waals surface area contributed by atoms with E-state index < -0.39 is 76.8 Å². The highest BCUT2D eigenvalue weighted by Gasteiger charge is 2.80. The van der Waals surface area contributed by atoms with Crippen LogP contribution in [0.4, 0.5) is 8.78 Å². The largest absolute Gasteiger partial charge is 0.460 e. The normalized spacial score (nSPS) is 50.0. The summed E-state index contributed by atoms with van der Waals surface area (Å²) in [6.07, 6.45) is 0.413. The number of aliphatic hydroxyl groups is 1. The van der Waals surface area contributed by atoms with Crippen LogP contribution in [0.1, 0.15) is 52.9 Å². The van der Waals surface area contributed by atoms with Crippen LogP contribution in [0.25, 0.3) is 0 Å². The molecule has 7 nitrogen and oxygen atoms in total. The van der Waals surface area contributed by atoms with Crippen molar-refractivity contribution < 1.29 is 42.5 Å². The molecule has 0 aromatic heterocycles. The molecule has 5 rings (SSSR count). The Bertz CT molecular complexity index is 1010. The number of fused-ring (bicyclic) bond motifs is 7. The quantitative estimate of drug-likeness (QED) is 0.567. The first-order valence-corrected chi connectivity index (χ1v) is 12.4. The molecular formula is C26H32F2O7. The monoisotopic (exact) mass is 494 g/mol. The van der Waals surface area contributed by atoms with Crippen LogP contribution >= 0.6 is 0 Å². The number of hydrogen-bond donors (Lipinski definition) is 1. The summed E-state index contributed by atoms with van der Waals surface area (Å²) >= 11 is 0. The summed E-state index contributed by atoms with van der Waals surface area (Å²) < 4.78 is 50.1. The average Bonchev–Trinajstić information content (AvgIpc) is 3.28. The Hall–Kier alpha value is -1.97. The van der Waals surface area contributed by atoms with Gasteiger partial charge in [0, 0.05) is 16.7 Å². The van der Waals surface area contributed by atoms with Gasteiger partial charge >= 0.3 is 0 Å². The van der Waals surface area contributed by atoms with Gasteiger partial charge in [-0.15, -0.1) is 0 Å². The van der Waals surface area contributed by atoms with Gasteiger partial charge in [-0.1, -0.05) is 26.3 Å². The lowest BCUT2D eigenvalue weighted by atomic mass is 9.44. The Morgan fingerprint density at radius 3 is 2.74 bits per heavy atom. The van der Waals surface area contributed by atoms with Gasteiger partial charge in [-0.3, -0.25) is 14.4 Å². The fourth-order valence-electron chi connectivity index (χ4n) is 8.10. The Labute approximate surface area is 202 Å². The summed E-state index contributed by atoms with van der Waals surface area (Å²) in [7, 11) is 0. The minimum absolute atomic E-state index is 0.0466. The number of alkyl halides is 2. The van der Waals surface area contributed by atoms with Crippen LogP contribution < -0.4 is 0 Å². The van der Waals surface area contributed by atoms with Crippen molar-refractivity contribution in [1.29, 1.82) is 0 Å². The molecule has 0 aromatic rings. The summed E-state index contributed by atoms with van der Waals surface area (Å²) in [5.74, 6) is -2.41. The number of allylic oxidation sites excluding steroid dienone is 4. The van der Waals surface area contributed by atoms with E-state index in [1.54, 1.807) is 6.92 Å². The molecule has 0 radical (unpaired) electrons. The molecule has 4 aliphatic carbocycles. The van der Waals surface area contributed by atoms with Gasteiger partial charge in [-0.05, 0) is 56.3 Å². The molecule has 1 N–H and O–H groups in total. The zero-order valence-corrected chi connectivity index (χ0v) is 20.2. The lowest BCUT2D eigenvalue weighted by molar-refractivity contribution is -0.234. The number of rotatable bonds is 6. The third-order valence-electron chi connectivity index (χ3n) is 9.64. The fourth-order valence-corrected chi connectivity index (χ4v) is 8.10. The van der Waals surface area contributed by atoms with Gasteiger partial charge in [0.05, 0.1) is 12.2 Å². The molecule has 1 aliphatic heterocycles. The summed E-state index contributed by atoms with van der Waals surface area (Å²) in [5.41, 5.74) is -6.36. The van der Waals surface area contributed by atoms with Crippen LogP contribution in [-0.4, -0.2) is 65.7 Å². The minimum Gasteiger partial charge on any atom is -0.460 e. The molecule has 192 valence electrons. The predicted molar refractivity (Wildman–Crippen MR) is 118 cm³/mol. The SMILES string of the molecule is CCCC1OC2CC3C4C[C@H](F)C5=CC(=O)C=C[C@@]5(C)[C@@]4(F)C(O)CC3(C)C2(C(=O)COC=O)O1. The number of ether oxygens (including phenoxy) is 3. The maximum atomic E-state index is 17.3. The van der Waals surface area contributed by atoms with E-state index in [9.17, 15) is 19.5 Å². The minimum atomic E-state index is -2.26. The molecule has 5 aliphatic rings. The van der Waals surface area contributed by atoms with Gasteiger partial charge in [0.2, 0.25) is 5.78 Å². The van der Waals surface area contributed by atoms with Gasteiger partial charge in [-0.2, -0.15) is 0 Å². The number of carbonyl (C=O) groups is 3. The number of aliphatic hydroxyl groups excluding tert-OH is 1. The zero-order chi connectivity index (χ0) is 25.4. The maximum Gasteiger partial charge on any atom is 0.293 e. The van der Waals surface area contributed by atoms with Crippen molar-refractivity contribution in [2.24, 2.45) is 22.7 Å². The Kier molecular flexibility index (Phi) is 5.66. The molecule has 7 unspecified atom stereocenters. The van der Waals surface area contributed by atoms with Crippen molar-refractivity contribution in [3.63, 3.8) is 0 Å². The molecular weight excluding hydrogens is 462 g/mol. The molecule has 0 aromatic carbocycles. The van der Waals surface area contributed by atoms with Gasteiger partial charge in [0.15, 0.2) is 29.9 Å². The first kappa shape index (κ1) is 24.7. The maximum absolute atomic E-state index is 17.3. The number of halogens is 2. The summed E-state index contributed by atoms with van der Waals surface area (Å²) in [6.45, 7) is 4.91. The summed E-state index contributed by atoms with van der Waals surface area (Å²) in [6, 6.07) is 0. The van der Waals surface area contributed by atoms with Crippen molar-refractivity contribution in [3.05, 3.63) is 23.8 Å². The van der Waals surface area contributed by atoms with Gasteiger partial charge in [0.1, 0.15) is 6.17 Å². The first-order chi connectivity index (χ1) is 16.5. The highest BCUT2D eigenvalue weighted by molar-refractivity contribution is 6.01. The molecule has 1 saturated heterocycles. The van der Waals surface area contributed by atoms with Crippen LogP contribution in [0.15, 0.2) is 23.8 Å². The van der Waals surface area contributed by atoms with Gasteiger partial charge in [0.25, 0.3) is 6.47 Å². The lowest BCUT2D eigenvalue weighted by Crippen LogP contribution is -2.71. The van der Waals surface area contributed by atoms with Crippen LogP contribution in [0.3, 0.4) is 0 Å². The second-order valence-corrected chi connectivity index (χ2v) is 11.1. The number of ketones is 2. The molecule has 0 amide bonds. The van der Waals surface area contributed by atoms with Crippen LogP contribution in [0, 0.1) is 22.7 Å². The number of carbonyl (C=O) groups excluding carboxylic acids is 3. The molecule has 0 spiro atoms. The number of Topliss-reactive ketones (excluding diaryl/α,β-unsaturated/α-hetero) is 1. The number of hydrogen-bond acceptors (Lipinski definition) is 7. The first-order valence-electron chi connectivity index (χ1n) is 12.4. The Balaban J connectivity index is 1.60. The second-order valence-electron chi connectivity index (χ2n) is 11.1. The van der Waals surface area contributed by atoms with E-state index in [0.29, 0.717) is 6.42 Å². The summed E-state index contributed by atoms with van der Waals surface area (Å²) in [4.78, 5) is 36.4. The van der Waals surface area contributed by atoms with E-state index in [1.165, 1.54) is 19.1 Å². The molecule has 3 saturated carbocycles. The van der Waals surface area contributed by atoms with Gasteiger partial charge in [-0.25, -0.2) is 8.78 Å². The van der Waals surface area contributed by atoms with Crippen LogP contribution in [0.5, 0.6) is 0 Å². The fraction of sp³-hybridized carbons (Fsp3) is 0.731. The third-order valence-corrected chi connectivity index (χ3v) is 9.64. The molecule has 9 heteroatoms. The highest BCUT2D eigenvalue weighted by atomic mass is 19.1. The van der Waals surface area contributed by atoms with Crippen molar-refractivity contribution in [2.75, 3.05) is 6.61 Å². The topological polar surface area (TPSA) is 99.1 Å². The molecule has 10 atom stereocenters. The van der Waals surface area contributed by atoms with E-state index in [4.69, 9.17) is 14.2 Å². The molecule has 35 heavy (non-hydrogen) atoms. The van der Waals surface area contributed by atoms with Crippen LogP contribution in [0.2, 0.25) is 0 Å². The van der Waals surface area contributed by atoms with Crippen molar-refractivity contribution in [2.45, 2.75) is 88.8 Å². The second kappa shape index (κ2) is 8.02. The van der Waals surface area contributed by atoms with E-state index in [1.807, 2.05) is 6.92 Å². The Morgan fingerprint density at radius 1 is 1.31 bits per heavy atom. The average molecular weight is 495 g/mol. The van der Waals surface area contributed by atoms with Crippen molar-refractivity contribution >= 4 is 18.0 Å². The van der Waals surface area contributed by atoms with Gasteiger partial charge < -0.3 is 19.3 Å². The lowest BCUT2D eigenvalue weighted by Gasteiger charge is -2.63. The predicted octanol–water partition coefficient (Wildman–Crippen LogP) is 2.94. The van der Waals surface area contributed by atoms with E-state index in [0.717, 1.165) is 12.5 Å². The van der Waals surface area contributed by atoms with Crippen molar-refractivity contribution in [1.82, 2.24) is 0 Å². The molecule has 0 bridgehead atoms. The Morgan fingerprint density at radius 2 is 2.06 bits per heavy atom. The van der Waals surface area contributed by atoms with E-state index in [2.05, 4.69) is 0 Å². The molecule has 1 heterocycles.